The Hall–Kier alpha value is -3.07. The lowest BCUT2D eigenvalue weighted by Crippen LogP contribution is -2.47. The third-order valence-corrected chi connectivity index (χ3v) is 16.5. The molecule has 0 saturated carbocycles. The number of hydrogen-bond acceptors (Lipinski definition) is 7. The lowest BCUT2D eigenvalue weighted by atomic mass is 10.0. The summed E-state index contributed by atoms with van der Waals surface area (Å²) in [5.41, 5.74) is 0. The van der Waals surface area contributed by atoms with E-state index in [0.717, 1.165) is 103 Å². The lowest BCUT2D eigenvalue weighted by Gasteiger charge is -2.30. The minimum atomic E-state index is -4.72. The number of carbonyl (C=O) groups is 2. The van der Waals surface area contributed by atoms with Crippen molar-refractivity contribution >= 4 is 19.7 Å². The second kappa shape index (κ2) is 63.9. The van der Waals surface area contributed by atoms with E-state index in [4.69, 9.17) is 13.8 Å². The van der Waals surface area contributed by atoms with Crippen LogP contribution in [0.25, 0.3) is 0 Å². The van der Waals surface area contributed by atoms with Crippen LogP contribution in [0.4, 0.5) is 0 Å². The van der Waals surface area contributed by atoms with E-state index in [9.17, 15) is 19.0 Å². The smallest absolute Gasteiger partial charge is 0.306 e. The van der Waals surface area contributed by atoms with E-state index in [1.54, 1.807) is 0 Å². The second-order valence-corrected chi connectivity index (χ2v) is 26.4. The molecule has 0 spiro atoms. The van der Waals surface area contributed by atoms with E-state index in [1.165, 1.54) is 173 Å². The number of nitrogens with zero attached hydrogens (tertiary/aromatic N) is 1. The summed E-state index contributed by atoms with van der Waals surface area (Å²) in [5, 5.41) is 3.03. The van der Waals surface area contributed by atoms with Gasteiger partial charge in [-0.05, 0) is 109 Å². The Kier molecular flexibility index (Phi) is 61.6. The lowest BCUT2D eigenvalue weighted by molar-refractivity contribution is -0.870. The number of esters is 1. The molecule has 0 aliphatic carbocycles. The van der Waals surface area contributed by atoms with Crippen LogP contribution in [0.5, 0.6) is 0 Å². The molecule has 3 unspecified atom stereocenters. The van der Waals surface area contributed by atoms with Gasteiger partial charge in [-0.15, -0.1) is 0 Å². The maximum atomic E-state index is 13.6. The van der Waals surface area contributed by atoms with Crippen molar-refractivity contribution in [3.05, 3.63) is 97.2 Å². The van der Waals surface area contributed by atoms with Gasteiger partial charge in [-0.25, -0.2) is 0 Å². The Balaban J connectivity index is 5.18. The molecule has 0 radical (unpaired) electrons. The molecule has 0 saturated heterocycles. The number of quaternary nitrogens is 1. The van der Waals surface area contributed by atoms with Gasteiger partial charge < -0.3 is 28.5 Å². The Morgan fingerprint density at radius 2 is 0.753 bits per heavy atom. The number of unbranched alkanes of at least 4 members (excludes halogenated alkanes) is 34. The highest BCUT2D eigenvalue weighted by Gasteiger charge is 2.27. The van der Waals surface area contributed by atoms with Gasteiger partial charge in [0, 0.05) is 12.8 Å². The van der Waals surface area contributed by atoms with Gasteiger partial charge in [-0.2, -0.15) is 0 Å². The average Bonchev–Trinajstić information content (AvgIpc) is 3.52. The van der Waals surface area contributed by atoms with Gasteiger partial charge in [-0.1, -0.05) is 292 Å². The summed E-state index contributed by atoms with van der Waals surface area (Å²) in [6.07, 6.45) is 86.7. The highest BCUT2D eigenvalue weighted by Crippen LogP contribution is 2.38. The molecule has 0 heterocycles. The number of allylic oxidation sites excluding steroid dienone is 15. The van der Waals surface area contributed by atoms with Crippen molar-refractivity contribution < 1.29 is 37.3 Å². The predicted molar refractivity (Wildman–Crippen MR) is 367 cm³/mol. The van der Waals surface area contributed by atoms with E-state index in [-0.39, 0.29) is 31.3 Å². The molecule has 85 heavy (non-hydrogen) atoms. The third-order valence-electron chi connectivity index (χ3n) is 15.5. The predicted octanol–water partition coefficient (Wildman–Crippen LogP) is 22.0. The zero-order valence-corrected chi connectivity index (χ0v) is 57.2. The van der Waals surface area contributed by atoms with Gasteiger partial charge in [-0.3, -0.25) is 14.2 Å². The molecule has 0 aromatic carbocycles. The van der Waals surface area contributed by atoms with Crippen LogP contribution in [0.15, 0.2) is 97.2 Å². The maximum absolute atomic E-state index is 13.6. The molecule has 1 N–H and O–H groups in total. The van der Waals surface area contributed by atoms with E-state index in [2.05, 4.69) is 111 Å². The van der Waals surface area contributed by atoms with Crippen LogP contribution >= 0.6 is 7.82 Å². The summed E-state index contributed by atoms with van der Waals surface area (Å²) in [6, 6.07) is -0.908. The van der Waals surface area contributed by atoms with Crippen LogP contribution in [0, 0.1) is 0 Å². The van der Waals surface area contributed by atoms with E-state index < -0.39 is 26.6 Å². The van der Waals surface area contributed by atoms with Gasteiger partial charge in [0.1, 0.15) is 19.3 Å². The zero-order chi connectivity index (χ0) is 62.1. The largest absolute Gasteiger partial charge is 0.756 e. The van der Waals surface area contributed by atoms with E-state index >= 15 is 0 Å². The van der Waals surface area contributed by atoms with Crippen molar-refractivity contribution in [1.82, 2.24) is 5.32 Å². The monoisotopic (exact) mass is 1210 g/mol. The van der Waals surface area contributed by atoms with Crippen LogP contribution in [0.2, 0.25) is 0 Å². The van der Waals surface area contributed by atoms with Crippen molar-refractivity contribution in [2.75, 3.05) is 40.9 Å². The summed E-state index contributed by atoms with van der Waals surface area (Å²) in [6.45, 7) is 6.73. The molecule has 9 nitrogen and oxygen atoms in total. The number of likely N-dealkylation sites (N-methyl/N-ethyl adjacent to an activating group) is 1. The molecule has 3 atom stereocenters. The number of carbonyl (C=O) groups excluding carboxylic acids is 2. The Morgan fingerprint density at radius 3 is 1.14 bits per heavy atom. The fraction of sp³-hybridized carbons (Fsp3) is 0.760. The highest BCUT2D eigenvalue weighted by atomic mass is 31.2. The minimum Gasteiger partial charge on any atom is -0.756 e. The van der Waals surface area contributed by atoms with Gasteiger partial charge in [0.2, 0.25) is 5.91 Å². The van der Waals surface area contributed by atoms with Crippen molar-refractivity contribution in [2.45, 2.75) is 328 Å². The SMILES string of the molecule is CC/C=C\C/C=C\C/C=C\C/C=C\C/C=C\C/C=C\CCCCCCC(=O)NC(COP(=O)([O-])OCC[N+](C)(C)C)C(/C=C/CCCCCCCCCCCCC)OC(=O)CCCCCCCCCCCCCCC/C=C/CCCCCCCC. The molecule has 0 rings (SSSR count). The molecule has 1 amide bonds. The molecule has 10 heteroatoms. The van der Waals surface area contributed by atoms with Crippen LogP contribution in [0.1, 0.15) is 316 Å². The first-order chi connectivity index (χ1) is 41.4. The molecule has 0 aromatic heterocycles. The van der Waals surface area contributed by atoms with E-state index in [0.29, 0.717) is 17.4 Å². The van der Waals surface area contributed by atoms with Crippen molar-refractivity contribution in [3.8, 4) is 0 Å². The van der Waals surface area contributed by atoms with Crippen LogP contribution in [-0.2, 0) is 27.9 Å². The third kappa shape index (κ3) is 65.2. The van der Waals surface area contributed by atoms with Gasteiger partial charge in [0.15, 0.2) is 0 Å². The standard InChI is InChI=1S/C75H135N2O7P/c1-7-10-13-16-19-22-25-28-30-32-34-36-38-40-42-44-46-49-52-55-58-61-64-67-74(78)76-72(71-83-85(80,81)82-70-69-77(4,5)6)73(66-63-60-57-54-51-48-27-24-21-18-15-12-9-3)84-75(79)68-65-62-59-56-53-50-47-45-43-41-39-37-35-33-31-29-26-23-20-17-14-11-8-2/h10,13,19,22,28-31,34,36,40,42,46,49,63,66,72-73H,7-9,11-12,14-18,20-21,23-27,32-33,35,37-39,41,43-45,47-48,50-62,64-65,67-71H2,1-6H3,(H-,76,78,80,81)/b13-10-,22-19-,30-28-,31-29+,36-34-,42-40-,49-46-,66-63+. The van der Waals surface area contributed by atoms with Gasteiger partial charge in [0.25, 0.3) is 7.82 Å². The summed E-state index contributed by atoms with van der Waals surface area (Å²) in [5.74, 6) is -0.565. The number of ether oxygens (including phenoxy) is 1. The first kappa shape index (κ1) is 81.9. The molecular formula is C75H135N2O7P. The quantitative estimate of drug-likeness (QED) is 0.0212. The van der Waals surface area contributed by atoms with E-state index in [1.807, 2.05) is 33.3 Å². The fourth-order valence-corrected chi connectivity index (χ4v) is 10.8. The van der Waals surface area contributed by atoms with Crippen LogP contribution in [0.3, 0.4) is 0 Å². The second-order valence-electron chi connectivity index (χ2n) is 25.0. The topological polar surface area (TPSA) is 114 Å². The molecular weight excluding hydrogens is 1070 g/mol. The molecule has 0 bridgehead atoms. The van der Waals surface area contributed by atoms with Crippen LogP contribution < -0.4 is 10.2 Å². The Morgan fingerprint density at radius 1 is 0.424 bits per heavy atom. The molecule has 0 aliphatic heterocycles. The molecule has 0 aliphatic rings. The summed E-state index contributed by atoms with van der Waals surface area (Å²) in [7, 11) is 1.16. The number of phosphoric ester groups is 1. The number of amides is 1. The Bertz CT molecular complexity index is 1780. The number of rotatable bonds is 64. The molecule has 492 valence electrons. The summed E-state index contributed by atoms with van der Waals surface area (Å²) in [4.78, 5) is 40.2. The van der Waals surface area contributed by atoms with Crippen LogP contribution in [-0.4, -0.2) is 69.4 Å². The number of phosphoric acid groups is 1. The van der Waals surface area contributed by atoms with Gasteiger partial charge in [0.05, 0.1) is 33.8 Å². The molecule has 0 fully saturated rings. The Labute approximate surface area is 526 Å². The van der Waals surface area contributed by atoms with Crippen molar-refractivity contribution in [3.63, 3.8) is 0 Å². The maximum Gasteiger partial charge on any atom is 0.306 e. The van der Waals surface area contributed by atoms with Crippen molar-refractivity contribution in [2.24, 2.45) is 0 Å². The average molecular weight is 1210 g/mol. The van der Waals surface area contributed by atoms with Crippen molar-refractivity contribution in [1.29, 1.82) is 0 Å². The number of hydrogen-bond donors (Lipinski definition) is 1. The zero-order valence-electron chi connectivity index (χ0n) is 56.3. The highest BCUT2D eigenvalue weighted by molar-refractivity contribution is 7.45. The summed E-state index contributed by atoms with van der Waals surface area (Å²) >= 11 is 0. The summed E-state index contributed by atoms with van der Waals surface area (Å²) < 4.78 is 30.4. The number of nitrogens with one attached hydrogen (secondary N) is 1. The fourth-order valence-electron chi connectivity index (χ4n) is 10.1. The minimum absolute atomic E-state index is 0.0311. The van der Waals surface area contributed by atoms with Gasteiger partial charge >= 0.3 is 5.97 Å². The normalized spacial score (nSPS) is 14.1. The first-order valence-electron chi connectivity index (χ1n) is 35.5. The first-order valence-corrected chi connectivity index (χ1v) is 37.0. The molecule has 0 aromatic rings.